The van der Waals surface area contributed by atoms with E-state index in [0.717, 1.165) is 26.2 Å². The molecule has 1 aromatic rings. The van der Waals surface area contributed by atoms with E-state index >= 15 is 0 Å². The first-order valence-electron chi connectivity index (χ1n) is 6.29. The summed E-state index contributed by atoms with van der Waals surface area (Å²) < 4.78 is 0. The van der Waals surface area contributed by atoms with E-state index in [1.807, 2.05) is 6.92 Å². The minimum Gasteiger partial charge on any atom is -0.323 e. The van der Waals surface area contributed by atoms with Crippen LogP contribution in [-0.4, -0.2) is 43.0 Å². The molecule has 2 rings (SSSR count). The van der Waals surface area contributed by atoms with Gasteiger partial charge in [-0.1, -0.05) is 29.3 Å². The predicted molar refractivity (Wildman–Crippen MR) is 79.0 cm³/mol. The summed E-state index contributed by atoms with van der Waals surface area (Å²) >= 11 is 12.0. The number of hydrogen-bond donors (Lipinski definition) is 2. The van der Waals surface area contributed by atoms with Crippen LogP contribution in [-0.2, 0) is 4.79 Å². The molecule has 0 spiro atoms. The fourth-order valence-corrected chi connectivity index (χ4v) is 2.42. The molecule has 1 heterocycles. The highest BCUT2D eigenvalue weighted by molar-refractivity contribution is 6.44. The van der Waals surface area contributed by atoms with E-state index in [1.165, 1.54) is 0 Å². The Hall–Kier alpha value is -0.810. The molecule has 1 aliphatic heterocycles. The van der Waals surface area contributed by atoms with Gasteiger partial charge in [-0.2, -0.15) is 0 Å². The Morgan fingerprint density at radius 3 is 2.74 bits per heavy atom. The first-order valence-corrected chi connectivity index (χ1v) is 7.05. The molecule has 4 nitrogen and oxygen atoms in total. The molecule has 104 valence electrons. The van der Waals surface area contributed by atoms with Crippen molar-refractivity contribution in [2.24, 2.45) is 0 Å². The maximum Gasteiger partial charge on any atom is 0.241 e. The number of carbonyl (C=O) groups is 1. The maximum atomic E-state index is 12.2. The summed E-state index contributed by atoms with van der Waals surface area (Å²) in [6.07, 6.45) is 0. The molecule has 0 aliphatic carbocycles. The number of piperazine rings is 1. The van der Waals surface area contributed by atoms with E-state index in [1.54, 1.807) is 18.2 Å². The number of nitrogens with zero attached hydrogens (tertiary/aromatic N) is 1. The maximum absolute atomic E-state index is 12.2. The van der Waals surface area contributed by atoms with Gasteiger partial charge in [-0.3, -0.25) is 9.69 Å². The second-order valence-corrected chi connectivity index (χ2v) is 5.34. The quantitative estimate of drug-likeness (QED) is 0.900. The van der Waals surface area contributed by atoms with Crippen molar-refractivity contribution in [3.8, 4) is 0 Å². The molecule has 1 aromatic carbocycles. The first kappa shape index (κ1) is 14.6. The standard InChI is InChI=1S/C13H17Cl2N3O/c1-9(18-7-5-16-6-8-18)13(19)17-11-4-2-3-10(14)12(11)15/h2-4,9,16H,5-8H2,1H3,(H,17,19). The van der Waals surface area contributed by atoms with Gasteiger partial charge >= 0.3 is 0 Å². The zero-order valence-electron chi connectivity index (χ0n) is 10.7. The summed E-state index contributed by atoms with van der Waals surface area (Å²) in [5.41, 5.74) is 0.557. The molecule has 1 amide bonds. The van der Waals surface area contributed by atoms with Gasteiger partial charge in [-0.25, -0.2) is 0 Å². The summed E-state index contributed by atoms with van der Waals surface area (Å²) in [6, 6.07) is 5.02. The average Bonchev–Trinajstić information content (AvgIpc) is 2.44. The van der Waals surface area contributed by atoms with Crippen LogP contribution >= 0.6 is 23.2 Å². The summed E-state index contributed by atoms with van der Waals surface area (Å²) in [4.78, 5) is 14.3. The second-order valence-electron chi connectivity index (χ2n) is 4.55. The lowest BCUT2D eigenvalue weighted by Gasteiger charge is -2.31. The zero-order valence-corrected chi connectivity index (χ0v) is 12.3. The van der Waals surface area contributed by atoms with Crippen LogP contribution in [0.25, 0.3) is 0 Å². The van der Waals surface area contributed by atoms with E-state index in [9.17, 15) is 4.79 Å². The largest absolute Gasteiger partial charge is 0.323 e. The Bertz CT molecular complexity index is 461. The van der Waals surface area contributed by atoms with Crippen LogP contribution in [0, 0.1) is 0 Å². The number of halogens is 2. The van der Waals surface area contributed by atoms with Crippen LogP contribution in [0.5, 0.6) is 0 Å². The lowest BCUT2D eigenvalue weighted by molar-refractivity contribution is -0.120. The monoisotopic (exact) mass is 301 g/mol. The molecule has 2 N–H and O–H groups in total. The Balaban J connectivity index is 2.01. The van der Waals surface area contributed by atoms with Gasteiger partial charge in [0.05, 0.1) is 21.8 Å². The molecule has 0 saturated carbocycles. The number of benzene rings is 1. The molecule has 1 saturated heterocycles. The topological polar surface area (TPSA) is 44.4 Å². The van der Waals surface area contributed by atoms with Crippen molar-refractivity contribution in [1.29, 1.82) is 0 Å². The summed E-state index contributed by atoms with van der Waals surface area (Å²) in [5, 5.41) is 6.91. The van der Waals surface area contributed by atoms with Crippen molar-refractivity contribution >= 4 is 34.8 Å². The van der Waals surface area contributed by atoms with Crippen molar-refractivity contribution in [3.63, 3.8) is 0 Å². The molecular formula is C13H17Cl2N3O. The Morgan fingerprint density at radius 1 is 1.37 bits per heavy atom. The van der Waals surface area contributed by atoms with Gasteiger partial charge in [0.15, 0.2) is 0 Å². The van der Waals surface area contributed by atoms with E-state index in [-0.39, 0.29) is 11.9 Å². The Labute approximate surface area is 123 Å². The van der Waals surface area contributed by atoms with Gasteiger partial charge in [0.25, 0.3) is 0 Å². The fraction of sp³-hybridized carbons (Fsp3) is 0.462. The van der Waals surface area contributed by atoms with Gasteiger partial charge in [0.2, 0.25) is 5.91 Å². The fourth-order valence-electron chi connectivity index (χ4n) is 2.07. The van der Waals surface area contributed by atoms with Crippen LogP contribution < -0.4 is 10.6 Å². The third-order valence-corrected chi connectivity index (χ3v) is 4.11. The van der Waals surface area contributed by atoms with E-state index in [0.29, 0.717) is 15.7 Å². The molecule has 0 radical (unpaired) electrons. The molecule has 1 atom stereocenters. The third-order valence-electron chi connectivity index (χ3n) is 3.29. The molecule has 19 heavy (non-hydrogen) atoms. The van der Waals surface area contributed by atoms with E-state index < -0.39 is 0 Å². The molecular weight excluding hydrogens is 285 g/mol. The van der Waals surface area contributed by atoms with Crippen molar-refractivity contribution in [2.75, 3.05) is 31.5 Å². The smallest absolute Gasteiger partial charge is 0.241 e. The Kier molecular flexibility index (Phi) is 5.05. The lowest BCUT2D eigenvalue weighted by Crippen LogP contribution is -2.51. The highest BCUT2D eigenvalue weighted by atomic mass is 35.5. The van der Waals surface area contributed by atoms with E-state index in [4.69, 9.17) is 23.2 Å². The molecule has 0 bridgehead atoms. The average molecular weight is 302 g/mol. The van der Waals surface area contributed by atoms with Crippen molar-refractivity contribution in [3.05, 3.63) is 28.2 Å². The SMILES string of the molecule is CC(C(=O)Nc1cccc(Cl)c1Cl)N1CCNCC1. The van der Waals surface area contributed by atoms with Crippen LogP contribution in [0.15, 0.2) is 18.2 Å². The number of rotatable bonds is 3. The highest BCUT2D eigenvalue weighted by Gasteiger charge is 2.23. The van der Waals surface area contributed by atoms with Crippen LogP contribution in [0.3, 0.4) is 0 Å². The normalized spacial score (nSPS) is 18.1. The molecule has 1 fully saturated rings. The Morgan fingerprint density at radius 2 is 2.05 bits per heavy atom. The highest BCUT2D eigenvalue weighted by Crippen LogP contribution is 2.29. The minimum atomic E-state index is -0.183. The molecule has 1 unspecified atom stereocenters. The molecule has 1 aliphatic rings. The van der Waals surface area contributed by atoms with Gasteiger partial charge in [-0.15, -0.1) is 0 Å². The predicted octanol–water partition coefficient (Wildman–Crippen LogP) is 2.23. The number of anilines is 1. The van der Waals surface area contributed by atoms with Crippen LogP contribution in [0.1, 0.15) is 6.92 Å². The number of carbonyl (C=O) groups excluding carboxylic acids is 1. The van der Waals surface area contributed by atoms with Gasteiger partial charge < -0.3 is 10.6 Å². The van der Waals surface area contributed by atoms with Crippen molar-refractivity contribution in [1.82, 2.24) is 10.2 Å². The zero-order chi connectivity index (χ0) is 13.8. The van der Waals surface area contributed by atoms with Crippen LogP contribution in [0.2, 0.25) is 10.0 Å². The van der Waals surface area contributed by atoms with E-state index in [2.05, 4.69) is 15.5 Å². The number of hydrogen-bond acceptors (Lipinski definition) is 3. The van der Waals surface area contributed by atoms with Crippen molar-refractivity contribution in [2.45, 2.75) is 13.0 Å². The number of nitrogens with one attached hydrogen (secondary N) is 2. The number of amides is 1. The van der Waals surface area contributed by atoms with Crippen molar-refractivity contribution < 1.29 is 4.79 Å². The molecule has 0 aromatic heterocycles. The summed E-state index contributed by atoms with van der Waals surface area (Å²) in [7, 11) is 0. The first-order chi connectivity index (χ1) is 9.09. The van der Waals surface area contributed by atoms with Gasteiger partial charge in [0.1, 0.15) is 0 Å². The van der Waals surface area contributed by atoms with Crippen LogP contribution in [0.4, 0.5) is 5.69 Å². The summed E-state index contributed by atoms with van der Waals surface area (Å²) in [5.74, 6) is -0.0638. The van der Waals surface area contributed by atoms with Gasteiger partial charge in [-0.05, 0) is 19.1 Å². The second kappa shape index (κ2) is 6.57. The molecule has 6 heteroatoms. The van der Waals surface area contributed by atoms with Gasteiger partial charge in [0, 0.05) is 26.2 Å². The summed E-state index contributed by atoms with van der Waals surface area (Å²) in [6.45, 7) is 5.47. The minimum absolute atomic E-state index is 0.0638. The third kappa shape index (κ3) is 3.60. The lowest BCUT2D eigenvalue weighted by atomic mass is 10.2.